The zero-order valence-electron chi connectivity index (χ0n) is 21.7. The summed E-state index contributed by atoms with van der Waals surface area (Å²) in [4.78, 5) is 17.5. The Bertz CT molecular complexity index is 1280. The van der Waals surface area contributed by atoms with Crippen LogP contribution in [0.4, 0.5) is 0 Å². The standard InChI is InChI=1S/C26H35NO12/c1-9-4-13(30)18(25-23(35)22(34)21(33)16(8-29)38-25)24-17(9)14(31)6-12(37-24)5-10(2)27-19-20(32)11(3)15(7-28)39-26(19)36/h4,6,11,15-16,19-23,25-26,28-30,32-36H,5,7-8H2,1-3H3. The molecule has 0 radical (unpaired) electrons. The molecule has 2 aromatic rings. The maximum atomic E-state index is 13.1. The molecule has 2 fully saturated rings. The van der Waals surface area contributed by atoms with Crippen molar-refractivity contribution in [3.8, 4) is 5.75 Å². The zero-order chi connectivity index (χ0) is 28.8. The minimum atomic E-state index is -1.73. The van der Waals surface area contributed by atoms with E-state index >= 15 is 0 Å². The molecule has 1 aromatic carbocycles. The van der Waals surface area contributed by atoms with E-state index in [-0.39, 0.29) is 35.3 Å². The maximum absolute atomic E-state index is 13.1. The van der Waals surface area contributed by atoms with E-state index in [9.17, 15) is 45.6 Å². The second-order valence-corrected chi connectivity index (χ2v) is 10.3. The summed E-state index contributed by atoms with van der Waals surface area (Å²) >= 11 is 0. The van der Waals surface area contributed by atoms with Gasteiger partial charge in [0.25, 0.3) is 0 Å². The van der Waals surface area contributed by atoms with Crippen LogP contribution in [0.1, 0.15) is 36.8 Å². The second-order valence-electron chi connectivity index (χ2n) is 10.3. The molecule has 39 heavy (non-hydrogen) atoms. The highest BCUT2D eigenvalue weighted by molar-refractivity contribution is 5.87. The zero-order valence-corrected chi connectivity index (χ0v) is 21.7. The highest BCUT2D eigenvalue weighted by Crippen LogP contribution is 2.41. The smallest absolute Gasteiger partial charge is 0.193 e. The van der Waals surface area contributed by atoms with Crippen molar-refractivity contribution in [2.45, 2.75) is 82.3 Å². The van der Waals surface area contributed by atoms with Crippen LogP contribution in [0.25, 0.3) is 11.0 Å². The summed E-state index contributed by atoms with van der Waals surface area (Å²) in [5, 5.41) is 81.9. The van der Waals surface area contributed by atoms with Crippen LogP contribution in [-0.2, 0) is 15.9 Å². The predicted molar refractivity (Wildman–Crippen MR) is 135 cm³/mol. The van der Waals surface area contributed by atoms with Crippen molar-refractivity contribution in [3.05, 3.63) is 39.2 Å². The molecule has 8 N–H and O–H groups in total. The van der Waals surface area contributed by atoms with Gasteiger partial charge in [-0.05, 0) is 25.5 Å². The first kappa shape index (κ1) is 29.5. The Balaban J connectivity index is 1.73. The van der Waals surface area contributed by atoms with Gasteiger partial charge in [0.15, 0.2) is 11.7 Å². The number of phenols is 1. The average molecular weight is 554 g/mol. The van der Waals surface area contributed by atoms with E-state index in [1.54, 1.807) is 20.8 Å². The van der Waals surface area contributed by atoms with E-state index < -0.39 is 78.8 Å². The van der Waals surface area contributed by atoms with E-state index in [4.69, 9.17) is 13.9 Å². The third-order valence-electron chi connectivity index (χ3n) is 7.50. The molecular formula is C26H35NO12. The summed E-state index contributed by atoms with van der Waals surface area (Å²) in [6, 6.07) is 1.47. The lowest BCUT2D eigenvalue weighted by Gasteiger charge is -2.40. The molecular weight excluding hydrogens is 518 g/mol. The molecule has 0 spiro atoms. The van der Waals surface area contributed by atoms with Gasteiger partial charge in [0.1, 0.15) is 53.7 Å². The third kappa shape index (κ3) is 5.46. The predicted octanol–water partition coefficient (Wildman–Crippen LogP) is -1.60. The van der Waals surface area contributed by atoms with E-state index in [2.05, 4.69) is 4.99 Å². The van der Waals surface area contributed by atoms with Crippen molar-refractivity contribution in [1.82, 2.24) is 0 Å². The van der Waals surface area contributed by atoms with E-state index in [0.29, 0.717) is 11.3 Å². The molecule has 0 bridgehead atoms. The minimum Gasteiger partial charge on any atom is -0.507 e. The van der Waals surface area contributed by atoms with Crippen molar-refractivity contribution in [1.29, 1.82) is 0 Å². The maximum Gasteiger partial charge on any atom is 0.193 e. The highest BCUT2D eigenvalue weighted by Gasteiger charge is 2.46. The molecule has 13 nitrogen and oxygen atoms in total. The first-order valence-electron chi connectivity index (χ1n) is 12.6. The quantitative estimate of drug-likeness (QED) is 0.189. The van der Waals surface area contributed by atoms with Crippen molar-refractivity contribution in [3.63, 3.8) is 0 Å². The van der Waals surface area contributed by atoms with Gasteiger partial charge in [-0.25, -0.2) is 0 Å². The van der Waals surface area contributed by atoms with Crippen molar-refractivity contribution >= 4 is 16.7 Å². The summed E-state index contributed by atoms with van der Waals surface area (Å²) < 4.78 is 17.0. The molecule has 0 aliphatic carbocycles. The molecule has 0 saturated carbocycles. The van der Waals surface area contributed by atoms with Gasteiger partial charge in [0.05, 0.1) is 36.4 Å². The monoisotopic (exact) mass is 553 g/mol. The Kier molecular flexibility index (Phi) is 8.76. The largest absolute Gasteiger partial charge is 0.507 e. The van der Waals surface area contributed by atoms with Gasteiger partial charge in [-0.2, -0.15) is 0 Å². The van der Waals surface area contributed by atoms with E-state index in [1.807, 2.05) is 0 Å². The molecule has 0 amide bonds. The van der Waals surface area contributed by atoms with Crippen LogP contribution >= 0.6 is 0 Å². The van der Waals surface area contributed by atoms with Crippen LogP contribution in [0, 0.1) is 12.8 Å². The molecule has 216 valence electrons. The van der Waals surface area contributed by atoms with Gasteiger partial charge in [-0.3, -0.25) is 9.79 Å². The Morgan fingerprint density at radius 1 is 0.949 bits per heavy atom. The van der Waals surface area contributed by atoms with Gasteiger partial charge in [-0.15, -0.1) is 0 Å². The van der Waals surface area contributed by atoms with Crippen LogP contribution in [0.3, 0.4) is 0 Å². The Morgan fingerprint density at radius 3 is 2.26 bits per heavy atom. The fourth-order valence-electron chi connectivity index (χ4n) is 5.26. The number of aromatic hydroxyl groups is 1. The minimum absolute atomic E-state index is 0.0399. The number of aliphatic hydroxyl groups excluding tert-OH is 7. The number of ether oxygens (including phenoxy) is 2. The number of rotatable bonds is 6. The summed E-state index contributed by atoms with van der Waals surface area (Å²) in [6.07, 6.45) is -11.1. The lowest BCUT2D eigenvalue weighted by atomic mass is 9.89. The molecule has 10 atom stereocenters. The van der Waals surface area contributed by atoms with Crippen LogP contribution in [-0.4, -0.2) is 109 Å². The second kappa shape index (κ2) is 11.6. The van der Waals surface area contributed by atoms with Gasteiger partial charge in [-0.1, -0.05) is 6.92 Å². The van der Waals surface area contributed by atoms with Gasteiger partial charge in [0, 0.05) is 24.1 Å². The van der Waals surface area contributed by atoms with Crippen molar-refractivity contribution < 1.29 is 54.7 Å². The topological polar surface area (TPSA) is 223 Å². The Labute approximate surface area is 223 Å². The fourth-order valence-corrected chi connectivity index (χ4v) is 5.26. The first-order valence-corrected chi connectivity index (χ1v) is 12.6. The number of benzene rings is 1. The van der Waals surface area contributed by atoms with Crippen LogP contribution in [0.15, 0.2) is 26.3 Å². The molecule has 1 aromatic heterocycles. The van der Waals surface area contributed by atoms with Gasteiger partial charge >= 0.3 is 0 Å². The molecule has 2 aliphatic heterocycles. The van der Waals surface area contributed by atoms with Gasteiger partial charge < -0.3 is 54.7 Å². The number of aliphatic imine (C=N–C) groups is 1. The summed E-state index contributed by atoms with van der Waals surface area (Å²) in [5.74, 6) is -0.801. The van der Waals surface area contributed by atoms with Crippen molar-refractivity contribution in [2.24, 2.45) is 10.9 Å². The molecule has 3 heterocycles. The van der Waals surface area contributed by atoms with E-state index in [1.165, 1.54) is 12.1 Å². The lowest BCUT2D eigenvalue weighted by molar-refractivity contribution is -0.231. The SMILES string of the molecule is CC(Cc1cc(=O)c2c(C)cc(O)c(C3OC(CO)C(O)C(O)C3O)c2o1)=NC1C(O)OC(CO)C(C)C1O. The Hall–Kier alpha value is -2.46. The fraction of sp³-hybridized carbons (Fsp3) is 0.615. The van der Waals surface area contributed by atoms with Crippen molar-refractivity contribution in [2.75, 3.05) is 13.2 Å². The average Bonchev–Trinajstić information content (AvgIpc) is 2.88. The van der Waals surface area contributed by atoms with Gasteiger partial charge in [0.2, 0.25) is 0 Å². The number of hydrogen-bond donors (Lipinski definition) is 8. The summed E-state index contributed by atoms with van der Waals surface area (Å²) in [6.45, 7) is 3.77. The van der Waals surface area contributed by atoms with Crippen LogP contribution < -0.4 is 5.43 Å². The lowest BCUT2D eigenvalue weighted by Crippen LogP contribution is -2.55. The first-order chi connectivity index (χ1) is 18.4. The third-order valence-corrected chi connectivity index (χ3v) is 7.50. The number of hydrogen-bond acceptors (Lipinski definition) is 13. The Morgan fingerprint density at radius 2 is 1.62 bits per heavy atom. The number of fused-ring (bicyclic) bond motifs is 1. The highest BCUT2D eigenvalue weighted by atomic mass is 16.6. The summed E-state index contributed by atoms with van der Waals surface area (Å²) in [5.41, 5.74) is 0.0107. The number of aryl methyl sites for hydroxylation is 1. The molecule has 2 aliphatic rings. The molecule has 13 heteroatoms. The number of nitrogens with zero attached hydrogens (tertiary/aromatic N) is 1. The molecule has 2 saturated heterocycles. The van der Waals surface area contributed by atoms with Crippen LogP contribution in [0.2, 0.25) is 0 Å². The molecule has 4 rings (SSSR count). The number of aliphatic hydroxyl groups is 7. The summed E-state index contributed by atoms with van der Waals surface area (Å²) in [7, 11) is 0. The normalized spacial score (nSPS) is 35.9. The molecule has 10 unspecified atom stereocenters. The van der Waals surface area contributed by atoms with E-state index in [0.717, 1.165) is 0 Å². The van der Waals surface area contributed by atoms with Crippen LogP contribution in [0.5, 0.6) is 5.75 Å². The number of phenolic OH excluding ortho intramolecular Hbond substituents is 1.